The van der Waals surface area contributed by atoms with Gasteiger partial charge in [0.2, 0.25) is 0 Å². The van der Waals surface area contributed by atoms with Crippen molar-refractivity contribution in [2.24, 2.45) is 0 Å². The molecular weight excluding hydrogens is 264 g/mol. The summed E-state index contributed by atoms with van der Waals surface area (Å²) in [6, 6.07) is 6.07. The maximum atomic E-state index is 10.7. The molecule has 0 aliphatic carbocycles. The Morgan fingerprint density at radius 2 is 2.37 bits per heavy atom. The van der Waals surface area contributed by atoms with Crippen LogP contribution >= 0.6 is 11.3 Å². The van der Waals surface area contributed by atoms with Crippen LogP contribution in [0.4, 0.5) is 11.4 Å². The molecule has 2 aromatic rings. The van der Waals surface area contributed by atoms with Gasteiger partial charge in [-0.05, 0) is 13.0 Å². The second-order valence-electron chi connectivity index (χ2n) is 3.84. The summed E-state index contributed by atoms with van der Waals surface area (Å²) in [5.74, 6) is 0. The van der Waals surface area contributed by atoms with Crippen molar-refractivity contribution in [3.8, 4) is 6.07 Å². The summed E-state index contributed by atoms with van der Waals surface area (Å²) in [6.07, 6.45) is 1.71. The predicted molar refractivity (Wildman–Crippen MR) is 72.0 cm³/mol. The third kappa shape index (κ3) is 2.86. The van der Waals surface area contributed by atoms with E-state index in [9.17, 15) is 10.1 Å². The highest BCUT2D eigenvalue weighted by molar-refractivity contribution is 7.09. The normalized spacial score (nSPS) is 11.6. The summed E-state index contributed by atoms with van der Waals surface area (Å²) < 4.78 is 0. The van der Waals surface area contributed by atoms with E-state index in [1.165, 1.54) is 23.5 Å². The zero-order valence-electron chi connectivity index (χ0n) is 10.0. The second kappa shape index (κ2) is 5.46. The summed E-state index contributed by atoms with van der Waals surface area (Å²) in [5.41, 5.74) is 0.720. The Morgan fingerprint density at radius 1 is 1.58 bits per heavy atom. The molecule has 0 bridgehead atoms. The number of aromatic nitrogens is 1. The zero-order chi connectivity index (χ0) is 13.8. The first-order valence-electron chi connectivity index (χ1n) is 5.46. The van der Waals surface area contributed by atoms with E-state index in [0.29, 0.717) is 5.69 Å². The van der Waals surface area contributed by atoms with Gasteiger partial charge in [-0.2, -0.15) is 5.26 Å². The molecule has 1 N–H and O–H groups in total. The van der Waals surface area contributed by atoms with Gasteiger partial charge in [-0.1, -0.05) is 0 Å². The SMILES string of the molecule is CC(Nc1ccc([N+](=O)[O-])cc1C#N)c1nccs1. The summed E-state index contributed by atoms with van der Waals surface area (Å²) in [6.45, 7) is 1.92. The van der Waals surface area contributed by atoms with Crippen molar-refractivity contribution in [2.75, 3.05) is 5.32 Å². The molecule has 0 aliphatic rings. The molecule has 2 rings (SSSR count). The molecule has 0 saturated carbocycles. The standard InChI is InChI=1S/C12H10N4O2S/c1-8(12-14-4-5-19-12)15-11-3-2-10(16(17)18)6-9(11)7-13/h2-6,8,15H,1H3. The zero-order valence-corrected chi connectivity index (χ0v) is 10.8. The van der Waals surface area contributed by atoms with Gasteiger partial charge >= 0.3 is 0 Å². The molecule has 1 atom stereocenters. The van der Waals surface area contributed by atoms with Crippen LogP contribution in [0.1, 0.15) is 23.5 Å². The average Bonchev–Trinajstić information content (AvgIpc) is 2.92. The smallest absolute Gasteiger partial charge is 0.270 e. The molecule has 1 heterocycles. The monoisotopic (exact) mass is 274 g/mol. The van der Waals surface area contributed by atoms with Gasteiger partial charge in [0.25, 0.3) is 5.69 Å². The first-order valence-corrected chi connectivity index (χ1v) is 6.34. The number of nitro groups is 1. The number of nitriles is 1. The lowest BCUT2D eigenvalue weighted by Crippen LogP contribution is -2.07. The van der Waals surface area contributed by atoms with Crippen LogP contribution in [-0.4, -0.2) is 9.91 Å². The van der Waals surface area contributed by atoms with Crippen molar-refractivity contribution in [3.05, 3.63) is 50.5 Å². The number of hydrogen-bond donors (Lipinski definition) is 1. The van der Waals surface area contributed by atoms with Crippen molar-refractivity contribution < 1.29 is 4.92 Å². The molecule has 1 aromatic heterocycles. The van der Waals surface area contributed by atoms with Crippen LogP contribution in [0.15, 0.2) is 29.8 Å². The summed E-state index contributed by atoms with van der Waals surface area (Å²) in [7, 11) is 0. The number of rotatable bonds is 4. The van der Waals surface area contributed by atoms with Gasteiger partial charge in [0.05, 0.1) is 22.2 Å². The largest absolute Gasteiger partial charge is 0.375 e. The van der Waals surface area contributed by atoms with Crippen LogP contribution in [0.3, 0.4) is 0 Å². The van der Waals surface area contributed by atoms with E-state index in [-0.39, 0.29) is 17.3 Å². The molecule has 0 fully saturated rings. The molecule has 19 heavy (non-hydrogen) atoms. The minimum Gasteiger partial charge on any atom is -0.375 e. The molecule has 1 unspecified atom stereocenters. The van der Waals surface area contributed by atoms with Crippen molar-refractivity contribution >= 4 is 22.7 Å². The van der Waals surface area contributed by atoms with E-state index in [2.05, 4.69) is 10.3 Å². The Kier molecular flexibility index (Phi) is 3.73. The molecule has 96 valence electrons. The molecule has 7 heteroatoms. The number of anilines is 1. The third-order valence-electron chi connectivity index (χ3n) is 2.53. The first kappa shape index (κ1) is 13.0. The van der Waals surface area contributed by atoms with Gasteiger partial charge in [-0.25, -0.2) is 4.98 Å². The van der Waals surface area contributed by atoms with Crippen molar-refractivity contribution in [1.82, 2.24) is 4.98 Å². The molecule has 0 saturated heterocycles. The highest BCUT2D eigenvalue weighted by Gasteiger charge is 2.14. The Hall–Kier alpha value is -2.46. The maximum absolute atomic E-state index is 10.7. The van der Waals surface area contributed by atoms with Gasteiger partial charge in [0, 0.05) is 23.7 Å². The number of benzene rings is 1. The van der Waals surface area contributed by atoms with Crippen molar-refractivity contribution in [2.45, 2.75) is 13.0 Å². The Bertz CT molecular complexity index is 634. The Morgan fingerprint density at radius 3 is 2.95 bits per heavy atom. The lowest BCUT2D eigenvalue weighted by atomic mass is 10.1. The van der Waals surface area contributed by atoms with E-state index in [0.717, 1.165) is 5.01 Å². The summed E-state index contributed by atoms with van der Waals surface area (Å²) >= 11 is 1.51. The molecular formula is C12H10N4O2S. The minimum atomic E-state index is -0.519. The van der Waals surface area contributed by atoms with Gasteiger partial charge in [0.15, 0.2) is 0 Å². The molecule has 6 nitrogen and oxygen atoms in total. The highest BCUT2D eigenvalue weighted by atomic mass is 32.1. The lowest BCUT2D eigenvalue weighted by Gasteiger charge is -2.13. The van der Waals surface area contributed by atoms with E-state index >= 15 is 0 Å². The van der Waals surface area contributed by atoms with Gasteiger partial charge in [-0.15, -0.1) is 11.3 Å². The summed E-state index contributed by atoms with van der Waals surface area (Å²) in [4.78, 5) is 14.3. The molecule has 0 spiro atoms. The number of nitro benzene ring substituents is 1. The Labute approximate surface area is 113 Å². The number of non-ortho nitro benzene ring substituents is 1. The number of nitrogens with zero attached hydrogens (tertiary/aromatic N) is 3. The van der Waals surface area contributed by atoms with Crippen LogP contribution in [0, 0.1) is 21.4 Å². The fourth-order valence-corrected chi connectivity index (χ4v) is 2.25. The third-order valence-corrected chi connectivity index (χ3v) is 3.49. The lowest BCUT2D eigenvalue weighted by molar-refractivity contribution is -0.384. The second-order valence-corrected chi connectivity index (χ2v) is 4.76. The first-order chi connectivity index (χ1) is 9.11. The topological polar surface area (TPSA) is 91.9 Å². The van der Waals surface area contributed by atoms with Gasteiger partial charge in [-0.3, -0.25) is 10.1 Å². The number of thiazole rings is 1. The quantitative estimate of drug-likeness (QED) is 0.683. The predicted octanol–water partition coefficient (Wildman–Crippen LogP) is 3.10. The molecule has 0 radical (unpaired) electrons. The van der Waals surface area contributed by atoms with Crippen LogP contribution < -0.4 is 5.32 Å². The van der Waals surface area contributed by atoms with E-state index < -0.39 is 4.92 Å². The molecule has 0 aliphatic heterocycles. The highest BCUT2D eigenvalue weighted by Crippen LogP contribution is 2.26. The number of nitrogens with one attached hydrogen (secondary N) is 1. The van der Waals surface area contributed by atoms with Gasteiger partial charge in [0.1, 0.15) is 11.1 Å². The van der Waals surface area contributed by atoms with Crippen LogP contribution in [0.25, 0.3) is 0 Å². The van der Waals surface area contributed by atoms with Crippen molar-refractivity contribution in [3.63, 3.8) is 0 Å². The van der Waals surface area contributed by atoms with E-state index in [1.807, 2.05) is 18.4 Å². The fraction of sp³-hybridized carbons (Fsp3) is 0.167. The van der Waals surface area contributed by atoms with E-state index in [1.54, 1.807) is 12.3 Å². The minimum absolute atomic E-state index is 0.0615. The maximum Gasteiger partial charge on any atom is 0.270 e. The van der Waals surface area contributed by atoms with E-state index in [4.69, 9.17) is 5.26 Å². The summed E-state index contributed by atoms with van der Waals surface area (Å²) in [5, 5.41) is 25.6. The molecule has 0 amide bonds. The van der Waals surface area contributed by atoms with Crippen LogP contribution in [0.2, 0.25) is 0 Å². The number of hydrogen-bond acceptors (Lipinski definition) is 6. The fourth-order valence-electron chi connectivity index (χ4n) is 1.61. The van der Waals surface area contributed by atoms with Crippen LogP contribution in [0.5, 0.6) is 0 Å². The van der Waals surface area contributed by atoms with Crippen molar-refractivity contribution in [1.29, 1.82) is 5.26 Å². The average molecular weight is 274 g/mol. The van der Waals surface area contributed by atoms with Gasteiger partial charge < -0.3 is 5.32 Å². The molecule has 1 aromatic carbocycles. The van der Waals surface area contributed by atoms with Crippen LogP contribution in [-0.2, 0) is 0 Å². The Balaban J connectivity index is 2.26.